The molecule has 0 fully saturated rings. The standard InChI is InChI=1S/C20H29BrN6O5/c1-5-30-14-8-12(10-23-6-7-24-19(29)17-18(22)27-32-26-17)13(21)9-15(14)31-11-16(28)25-20(2,3)4/h8-9,23H,5-7,10-11H2,1-4H3,(H2,22,27)(H,24,29)(H,25,28). The first-order chi connectivity index (χ1) is 15.1. The molecule has 0 aliphatic heterocycles. The lowest BCUT2D eigenvalue weighted by atomic mass is 10.1. The molecule has 12 heteroatoms. The molecule has 0 bridgehead atoms. The number of halogens is 1. The van der Waals surface area contributed by atoms with Crippen molar-refractivity contribution >= 4 is 33.6 Å². The number of ether oxygens (including phenoxy) is 2. The number of amides is 2. The Morgan fingerprint density at radius 3 is 2.50 bits per heavy atom. The Morgan fingerprint density at radius 1 is 1.16 bits per heavy atom. The zero-order valence-electron chi connectivity index (χ0n) is 18.6. The van der Waals surface area contributed by atoms with Crippen LogP contribution in [-0.4, -0.2) is 54.0 Å². The van der Waals surface area contributed by atoms with E-state index in [1.54, 1.807) is 6.07 Å². The number of benzene rings is 1. The highest BCUT2D eigenvalue weighted by Crippen LogP contribution is 2.34. The molecule has 0 aliphatic rings. The molecule has 0 aliphatic carbocycles. The molecule has 1 aromatic heterocycles. The fourth-order valence-corrected chi connectivity index (χ4v) is 3.08. The van der Waals surface area contributed by atoms with Gasteiger partial charge in [-0.25, -0.2) is 4.63 Å². The maximum atomic E-state index is 12.0. The predicted octanol–water partition coefficient (Wildman–Crippen LogP) is 1.63. The third-order valence-corrected chi connectivity index (χ3v) is 4.66. The molecule has 0 unspecified atom stereocenters. The van der Waals surface area contributed by atoms with Crippen LogP contribution in [-0.2, 0) is 11.3 Å². The van der Waals surface area contributed by atoms with Crippen molar-refractivity contribution in [1.82, 2.24) is 26.3 Å². The van der Waals surface area contributed by atoms with Crippen molar-refractivity contribution in [2.75, 3.05) is 32.0 Å². The number of nitrogen functional groups attached to an aromatic ring is 1. The number of nitrogens with one attached hydrogen (secondary N) is 3. The lowest BCUT2D eigenvalue weighted by Gasteiger charge is -2.21. The quantitative estimate of drug-likeness (QED) is 0.328. The van der Waals surface area contributed by atoms with E-state index in [4.69, 9.17) is 15.2 Å². The number of carbonyl (C=O) groups is 2. The van der Waals surface area contributed by atoms with E-state index in [0.717, 1.165) is 10.0 Å². The van der Waals surface area contributed by atoms with Crippen molar-refractivity contribution < 1.29 is 23.7 Å². The van der Waals surface area contributed by atoms with Gasteiger partial charge < -0.3 is 31.2 Å². The second-order valence-corrected chi connectivity index (χ2v) is 8.70. The van der Waals surface area contributed by atoms with Gasteiger partial charge in [0, 0.05) is 29.6 Å². The molecular formula is C20H29BrN6O5. The molecule has 1 aromatic carbocycles. The highest BCUT2D eigenvalue weighted by atomic mass is 79.9. The van der Waals surface area contributed by atoms with Crippen molar-refractivity contribution in [3.8, 4) is 11.5 Å². The van der Waals surface area contributed by atoms with Crippen molar-refractivity contribution in [2.45, 2.75) is 39.8 Å². The smallest absolute Gasteiger partial charge is 0.277 e. The van der Waals surface area contributed by atoms with Gasteiger partial charge in [0.1, 0.15) is 0 Å². The summed E-state index contributed by atoms with van der Waals surface area (Å²) in [5, 5.41) is 15.6. The number of hydrogen-bond acceptors (Lipinski definition) is 9. The van der Waals surface area contributed by atoms with Gasteiger partial charge in [0.15, 0.2) is 18.1 Å². The summed E-state index contributed by atoms with van der Waals surface area (Å²) in [4.78, 5) is 24.0. The molecule has 5 N–H and O–H groups in total. The normalized spacial score (nSPS) is 11.2. The van der Waals surface area contributed by atoms with Crippen molar-refractivity contribution in [3.63, 3.8) is 0 Å². The minimum Gasteiger partial charge on any atom is -0.490 e. The molecule has 32 heavy (non-hydrogen) atoms. The Labute approximate surface area is 194 Å². The van der Waals surface area contributed by atoms with E-state index >= 15 is 0 Å². The van der Waals surface area contributed by atoms with Crippen LogP contribution in [0.4, 0.5) is 5.82 Å². The third-order valence-electron chi connectivity index (χ3n) is 3.92. The molecule has 2 aromatic rings. The average Bonchev–Trinajstić information content (AvgIpc) is 3.13. The van der Waals surface area contributed by atoms with Gasteiger partial charge in [-0.2, -0.15) is 0 Å². The first-order valence-corrected chi connectivity index (χ1v) is 10.9. The minimum atomic E-state index is -0.456. The molecule has 11 nitrogen and oxygen atoms in total. The van der Waals surface area contributed by atoms with E-state index in [9.17, 15) is 9.59 Å². The van der Waals surface area contributed by atoms with Gasteiger partial charge in [0.25, 0.3) is 11.8 Å². The summed E-state index contributed by atoms with van der Waals surface area (Å²) in [5.74, 6) is 0.284. The molecule has 0 atom stereocenters. The van der Waals surface area contributed by atoms with Gasteiger partial charge in [0.05, 0.1) is 6.61 Å². The first-order valence-electron chi connectivity index (χ1n) is 10.1. The molecule has 1 heterocycles. The number of rotatable bonds is 11. The molecule has 0 saturated heterocycles. The van der Waals surface area contributed by atoms with Gasteiger partial charge >= 0.3 is 0 Å². The molecular weight excluding hydrogens is 484 g/mol. The number of hydrogen-bond donors (Lipinski definition) is 4. The van der Waals surface area contributed by atoms with E-state index in [-0.39, 0.29) is 29.6 Å². The monoisotopic (exact) mass is 512 g/mol. The molecule has 0 saturated carbocycles. The summed E-state index contributed by atoms with van der Waals surface area (Å²) in [7, 11) is 0. The van der Waals surface area contributed by atoms with Crippen LogP contribution in [0, 0.1) is 0 Å². The Morgan fingerprint density at radius 2 is 1.88 bits per heavy atom. The van der Waals surface area contributed by atoms with E-state index in [1.165, 1.54) is 0 Å². The zero-order valence-corrected chi connectivity index (χ0v) is 20.2. The number of carbonyl (C=O) groups excluding carboxylic acids is 2. The summed E-state index contributed by atoms with van der Waals surface area (Å²) in [6.07, 6.45) is 0. The van der Waals surface area contributed by atoms with Crippen molar-refractivity contribution in [1.29, 1.82) is 0 Å². The number of aromatic nitrogens is 2. The predicted molar refractivity (Wildman–Crippen MR) is 121 cm³/mol. The molecule has 176 valence electrons. The lowest BCUT2D eigenvalue weighted by molar-refractivity contribution is -0.124. The van der Waals surface area contributed by atoms with E-state index in [1.807, 2.05) is 33.8 Å². The average molecular weight is 513 g/mol. The molecule has 2 amide bonds. The van der Waals surface area contributed by atoms with Crippen LogP contribution < -0.4 is 31.2 Å². The van der Waals surface area contributed by atoms with Gasteiger partial charge in [-0.05, 0) is 55.7 Å². The van der Waals surface area contributed by atoms with Crippen LogP contribution in [0.2, 0.25) is 0 Å². The zero-order chi connectivity index (χ0) is 23.7. The second-order valence-electron chi connectivity index (χ2n) is 7.84. The summed E-state index contributed by atoms with van der Waals surface area (Å²) in [6, 6.07) is 3.62. The number of anilines is 1. The van der Waals surface area contributed by atoms with Crippen LogP contribution in [0.15, 0.2) is 21.2 Å². The second kappa shape index (κ2) is 11.7. The third kappa shape index (κ3) is 8.00. The van der Waals surface area contributed by atoms with E-state index < -0.39 is 5.91 Å². The Kier molecular flexibility index (Phi) is 9.27. The molecule has 0 radical (unpaired) electrons. The van der Waals surface area contributed by atoms with Gasteiger partial charge in [-0.1, -0.05) is 15.9 Å². The lowest BCUT2D eigenvalue weighted by Crippen LogP contribution is -2.43. The Balaban J connectivity index is 1.89. The highest BCUT2D eigenvalue weighted by molar-refractivity contribution is 9.10. The summed E-state index contributed by atoms with van der Waals surface area (Å²) in [5.41, 5.74) is 6.04. The van der Waals surface area contributed by atoms with Gasteiger partial charge in [0.2, 0.25) is 11.5 Å². The summed E-state index contributed by atoms with van der Waals surface area (Å²) < 4.78 is 16.6. The number of nitrogens with zero attached hydrogens (tertiary/aromatic N) is 2. The number of nitrogens with two attached hydrogens (primary N) is 1. The fourth-order valence-electron chi connectivity index (χ4n) is 2.62. The van der Waals surface area contributed by atoms with Gasteiger partial charge in [-0.15, -0.1) is 0 Å². The topological polar surface area (TPSA) is 154 Å². The minimum absolute atomic E-state index is 0.0409. The maximum Gasteiger partial charge on any atom is 0.277 e. The largest absolute Gasteiger partial charge is 0.490 e. The Bertz CT molecular complexity index is 928. The fraction of sp³-hybridized carbons (Fsp3) is 0.500. The van der Waals surface area contributed by atoms with Crippen LogP contribution >= 0.6 is 15.9 Å². The molecule has 0 spiro atoms. The first kappa shape index (κ1) is 25.4. The van der Waals surface area contributed by atoms with E-state index in [2.05, 4.69) is 46.8 Å². The van der Waals surface area contributed by atoms with Crippen LogP contribution in [0.1, 0.15) is 43.7 Å². The van der Waals surface area contributed by atoms with Crippen LogP contribution in [0.3, 0.4) is 0 Å². The van der Waals surface area contributed by atoms with Crippen molar-refractivity contribution in [2.24, 2.45) is 0 Å². The van der Waals surface area contributed by atoms with Crippen LogP contribution in [0.25, 0.3) is 0 Å². The summed E-state index contributed by atoms with van der Waals surface area (Å²) >= 11 is 3.53. The maximum absolute atomic E-state index is 12.0. The molecule has 2 rings (SSSR count). The van der Waals surface area contributed by atoms with Crippen LogP contribution in [0.5, 0.6) is 11.5 Å². The summed E-state index contributed by atoms with van der Waals surface area (Å²) in [6.45, 7) is 9.27. The van der Waals surface area contributed by atoms with Gasteiger partial charge in [-0.3, -0.25) is 9.59 Å². The van der Waals surface area contributed by atoms with Crippen molar-refractivity contribution in [3.05, 3.63) is 27.9 Å². The SMILES string of the molecule is CCOc1cc(CNCCNC(=O)c2nonc2N)c(Br)cc1OCC(=O)NC(C)(C)C. The Hall–Kier alpha value is -2.86. The van der Waals surface area contributed by atoms with E-state index in [0.29, 0.717) is 37.7 Å². The highest BCUT2D eigenvalue weighted by Gasteiger charge is 2.17.